The fourth-order valence-corrected chi connectivity index (χ4v) is 4.98. The Balaban J connectivity index is 1.45. The van der Waals surface area contributed by atoms with Crippen molar-refractivity contribution in [2.24, 2.45) is 0 Å². The van der Waals surface area contributed by atoms with Gasteiger partial charge in [-0.1, -0.05) is 48.0 Å². The standard InChI is InChI=1S/C22H28N2O4S/c1-18-8-9-21(19(2)16-18)28-15-10-22(25)23-11-13-24(14-12-23)29(26,27)17-20-6-4-3-5-7-20/h3-9,16H,10-15,17H2,1-2H3. The molecule has 0 saturated carbocycles. The van der Waals surface area contributed by atoms with Crippen LogP contribution in [0.5, 0.6) is 5.75 Å². The summed E-state index contributed by atoms with van der Waals surface area (Å²) in [6.07, 6.45) is 0.282. The predicted octanol–water partition coefficient (Wildman–Crippen LogP) is 2.75. The molecule has 1 fully saturated rings. The lowest BCUT2D eigenvalue weighted by Crippen LogP contribution is -2.50. The minimum absolute atomic E-state index is 0.00475. The highest BCUT2D eigenvalue weighted by atomic mass is 32.2. The molecule has 7 heteroatoms. The van der Waals surface area contributed by atoms with E-state index < -0.39 is 10.0 Å². The zero-order chi connectivity index (χ0) is 20.9. The van der Waals surface area contributed by atoms with Crippen molar-refractivity contribution in [1.82, 2.24) is 9.21 Å². The van der Waals surface area contributed by atoms with Gasteiger partial charge in [0, 0.05) is 26.2 Å². The van der Waals surface area contributed by atoms with Crippen LogP contribution in [-0.2, 0) is 20.6 Å². The van der Waals surface area contributed by atoms with Crippen LogP contribution in [0, 0.1) is 13.8 Å². The minimum Gasteiger partial charge on any atom is -0.493 e. The molecule has 1 aliphatic heterocycles. The van der Waals surface area contributed by atoms with Crippen LogP contribution in [0.1, 0.15) is 23.1 Å². The quantitative estimate of drug-likeness (QED) is 0.696. The van der Waals surface area contributed by atoms with Crippen molar-refractivity contribution in [3.05, 3.63) is 65.2 Å². The molecule has 2 aromatic carbocycles. The van der Waals surface area contributed by atoms with Gasteiger partial charge in [-0.15, -0.1) is 0 Å². The Bertz CT molecular complexity index is 937. The van der Waals surface area contributed by atoms with E-state index in [0.29, 0.717) is 32.8 Å². The number of benzene rings is 2. The molecular weight excluding hydrogens is 388 g/mol. The molecule has 0 N–H and O–H groups in total. The third-order valence-corrected chi connectivity index (χ3v) is 6.93. The maximum atomic E-state index is 12.6. The Morgan fingerprint density at radius 1 is 1.00 bits per heavy atom. The van der Waals surface area contributed by atoms with Crippen LogP contribution in [0.4, 0.5) is 0 Å². The lowest BCUT2D eigenvalue weighted by molar-refractivity contribution is -0.132. The number of rotatable bonds is 7. The number of ether oxygens (including phenoxy) is 1. The number of carbonyl (C=O) groups excluding carboxylic acids is 1. The molecule has 156 valence electrons. The number of hydrogen-bond donors (Lipinski definition) is 0. The second-order valence-corrected chi connectivity index (χ2v) is 9.36. The summed E-state index contributed by atoms with van der Waals surface area (Å²) in [7, 11) is -3.38. The van der Waals surface area contributed by atoms with E-state index >= 15 is 0 Å². The molecule has 1 amide bonds. The minimum atomic E-state index is -3.38. The zero-order valence-electron chi connectivity index (χ0n) is 17.0. The highest BCUT2D eigenvalue weighted by molar-refractivity contribution is 7.88. The van der Waals surface area contributed by atoms with Crippen molar-refractivity contribution < 1.29 is 17.9 Å². The van der Waals surface area contributed by atoms with Gasteiger partial charge in [0.1, 0.15) is 5.75 Å². The average Bonchev–Trinajstić information content (AvgIpc) is 2.70. The molecule has 6 nitrogen and oxygen atoms in total. The number of amides is 1. The van der Waals surface area contributed by atoms with Crippen molar-refractivity contribution in [3.63, 3.8) is 0 Å². The Kier molecular flexibility index (Phi) is 6.92. The molecule has 1 aliphatic rings. The monoisotopic (exact) mass is 416 g/mol. The summed E-state index contributed by atoms with van der Waals surface area (Å²) < 4.78 is 32.5. The Morgan fingerprint density at radius 2 is 1.69 bits per heavy atom. The van der Waals surface area contributed by atoms with Crippen LogP contribution in [0.2, 0.25) is 0 Å². The number of aryl methyl sites for hydroxylation is 2. The first kappa shape index (κ1) is 21.3. The molecule has 0 bridgehead atoms. The summed E-state index contributed by atoms with van der Waals surface area (Å²) in [4.78, 5) is 14.2. The van der Waals surface area contributed by atoms with Gasteiger partial charge in [0.25, 0.3) is 0 Å². The van der Waals surface area contributed by atoms with Gasteiger partial charge in [0.05, 0.1) is 18.8 Å². The summed E-state index contributed by atoms with van der Waals surface area (Å²) in [6.45, 7) is 5.82. The first-order valence-corrected chi connectivity index (χ1v) is 11.5. The van der Waals surface area contributed by atoms with Gasteiger partial charge >= 0.3 is 0 Å². The van der Waals surface area contributed by atoms with Crippen LogP contribution in [0.15, 0.2) is 48.5 Å². The van der Waals surface area contributed by atoms with Crippen LogP contribution in [-0.4, -0.2) is 56.3 Å². The van der Waals surface area contributed by atoms with Gasteiger partial charge in [-0.05, 0) is 31.0 Å². The number of sulfonamides is 1. The number of piperazine rings is 1. The average molecular weight is 417 g/mol. The number of hydrogen-bond acceptors (Lipinski definition) is 4. The van der Waals surface area contributed by atoms with Gasteiger partial charge in [-0.2, -0.15) is 4.31 Å². The van der Waals surface area contributed by atoms with Gasteiger partial charge in [0.2, 0.25) is 15.9 Å². The summed E-state index contributed by atoms with van der Waals surface area (Å²) in [5.41, 5.74) is 3.00. The van der Waals surface area contributed by atoms with Crippen LogP contribution in [0.3, 0.4) is 0 Å². The van der Waals surface area contributed by atoms with Crippen molar-refractivity contribution in [3.8, 4) is 5.75 Å². The van der Waals surface area contributed by atoms with E-state index in [1.54, 1.807) is 4.90 Å². The molecule has 0 aromatic heterocycles. The van der Waals surface area contributed by atoms with E-state index in [1.165, 1.54) is 9.87 Å². The van der Waals surface area contributed by atoms with Crippen LogP contribution in [0.25, 0.3) is 0 Å². The van der Waals surface area contributed by atoms with Gasteiger partial charge in [-0.25, -0.2) is 8.42 Å². The molecule has 29 heavy (non-hydrogen) atoms. The fraction of sp³-hybridized carbons (Fsp3) is 0.409. The SMILES string of the molecule is Cc1ccc(OCCC(=O)N2CCN(S(=O)(=O)Cc3ccccc3)CC2)c(C)c1. The molecule has 0 atom stereocenters. The highest BCUT2D eigenvalue weighted by Gasteiger charge is 2.28. The number of nitrogens with zero attached hydrogens (tertiary/aromatic N) is 2. The zero-order valence-corrected chi connectivity index (χ0v) is 17.8. The van der Waals surface area contributed by atoms with Gasteiger partial charge in [-0.3, -0.25) is 4.79 Å². The molecule has 0 unspecified atom stereocenters. The maximum absolute atomic E-state index is 12.6. The summed E-state index contributed by atoms with van der Waals surface area (Å²) in [5.74, 6) is 0.779. The molecule has 3 rings (SSSR count). The molecule has 0 radical (unpaired) electrons. The summed E-state index contributed by atoms with van der Waals surface area (Å²) in [6, 6.07) is 15.1. The van der Waals surface area contributed by atoms with Gasteiger partial charge < -0.3 is 9.64 Å². The first-order chi connectivity index (χ1) is 13.8. The van der Waals surface area contributed by atoms with Crippen LogP contribution < -0.4 is 4.74 Å². The van der Waals surface area contributed by atoms with Crippen molar-refractivity contribution in [1.29, 1.82) is 0 Å². The molecule has 2 aromatic rings. The second-order valence-electron chi connectivity index (χ2n) is 7.39. The molecule has 0 spiro atoms. The Morgan fingerprint density at radius 3 is 2.34 bits per heavy atom. The predicted molar refractivity (Wildman–Crippen MR) is 113 cm³/mol. The normalized spacial score (nSPS) is 15.3. The smallest absolute Gasteiger partial charge is 0.226 e. The lowest BCUT2D eigenvalue weighted by atomic mass is 10.1. The van der Waals surface area contributed by atoms with E-state index in [0.717, 1.165) is 16.9 Å². The van der Waals surface area contributed by atoms with E-state index in [2.05, 4.69) is 0 Å². The van der Waals surface area contributed by atoms with E-state index in [9.17, 15) is 13.2 Å². The molecule has 1 heterocycles. The van der Waals surface area contributed by atoms with Crippen LogP contribution >= 0.6 is 0 Å². The molecule has 1 saturated heterocycles. The first-order valence-electron chi connectivity index (χ1n) is 9.85. The van der Waals surface area contributed by atoms with Crippen molar-refractivity contribution >= 4 is 15.9 Å². The lowest BCUT2D eigenvalue weighted by Gasteiger charge is -2.34. The fourth-order valence-electron chi connectivity index (χ4n) is 3.46. The maximum Gasteiger partial charge on any atom is 0.226 e. The topological polar surface area (TPSA) is 66.9 Å². The van der Waals surface area contributed by atoms with Crippen molar-refractivity contribution in [2.75, 3.05) is 32.8 Å². The summed E-state index contributed by atoms with van der Waals surface area (Å²) >= 11 is 0. The molecular formula is C22H28N2O4S. The molecule has 0 aliphatic carbocycles. The third kappa shape index (κ3) is 5.81. The number of carbonyl (C=O) groups is 1. The highest BCUT2D eigenvalue weighted by Crippen LogP contribution is 2.19. The van der Waals surface area contributed by atoms with E-state index in [1.807, 2.05) is 62.4 Å². The van der Waals surface area contributed by atoms with Crippen molar-refractivity contribution in [2.45, 2.75) is 26.0 Å². The Labute approximate surface area is 173 Å². The summed E-state index contributed by atoms with van der Waals surface area (Å²) in [5, 5.41) is 0. The second kappa shape index (κ2) is 9.41. The Hall–Kier alpha value is -2.38. The van der Waals surface area contributed by atoms with E-state index in [4.69, 9.17) is 4.74 Å². The third-order valence-electron chi connectivity index (χ3n) is 5.08. The largest absolute Gasteiger partial charge is 0.493 e. The van der Waals surface area contributed by atoms with Gasteiger partial charge in [0.15, 0.2) is 0 Å². The van der Waals surface area contributed by atoms with E-state index in [-0.39, 0.29) is 18.1 Å².